The maximum absolute atomic E-state index is 11.4. The fourth-order valence-corrected chi connectivity index (χ4v) is 2.69. The number of hydrogen-bond acceptors (Lipinski definition) is 6. The van der Waals surface area contributed by atoms with Crippen molar-refractivity contribution < 1.29 is 15.0 Å². The van der Waals surface area contributed by atoms with E-state index in [0.29, 0.717) is 43.1 Å². The number of hydrogen-bond donors (Lipinski definition) is 2. The molecule has 2 aromatic rings. The van der Waals surface area contributed by atoms with E-state index in [1.54, 1.807) is 42.2 Å². The number of para-hydroxylation sites is 1. The summed E-state index contributed by atoms with van der Waals surface area (Å²) in [6.45, 7) is 3.97. The van der Waals surface area contributed by atoms with Crippen LogP contribution >= 0.6 is 0 Å². The molecule has 120 valence electrons. The Balaban J connectivity index is 1.88. The maximum atomic E-state index is 11.4. The van der Waals surface area contributed by atoms with Crippen molar-refractivity contribution in [2.45, 2.75) is 6.92 Å². The minimum atomic E-state index is -0.152. The molecule has 2 heterocycles. The van der Waals surface area contributed by atoms with Crippen LogP contribution in [0.3, 0.4) is 0 Å². The molecule has 1 amide bonds. The topological polar surface area (TPSA) is 89.8 Å². The zero-order valence-corrected chi connectivity index (χ0v) is 12.8. The predicted octanol–water partition coefficient (Wildman–Crippen LogP) is 1.22. The van der Waals surface area contributed by atoms with Gasteiger partial charge in [0.2, 0.25) is 5.91 Å². The number of rotatable bonds is 2. The number of aromatic nitrogens is 2. The number of nitrogens with zero attached hydrogens (tertiary/aromatic N) is 4. The summed E-state index contributed by atoms with van der Waals surface area (Å²) in [7, 11) is 0. The molecule has 23 heavy (non-hydrogen) atoms. The van der Waals surface area contributed by atoms with E-state index < -0.39 is 0 Å². The number of aromatic hydroxyl groups is 2. The van der Waals surface area contributed by atoms with E-state index in [4.69, 9.17) is 0 Å². The molecule has 0 bridgehead atoms. The van der Waals surface area contributed by atoms with Crippen LogP contribution in [0.25, 0.3) is 11.3 Å². The van der Waals surface area contributed by atoms with Gasteiger partial charge in [-0.05, 0) is 18.2 Å². The zero-order chi connectivity index (χ0) is 16.4. The first kappa shape index (κ1) is 15.1. The molecule has 1 aromatic heterocycles. The largest absolute Gasteiger partial charge is 0.507 e. The molecule has 2 N–H and O–H groups in total. The molecule has 0 unspecified atom stereocenters. The summed E-state index contributed by atoms with van der Waals surface area (Å²) in [4.78, 5) is 15.1. The summed E-state index contributed by atoms with van der Waals surface area (Å²) >= 11 is 0. The van der Waals surface area contributed by atoms with Gasteiger partial charge in [0, 0.05) is 38.7 Å². The van der Waals surface area contributed by atoms with Crippen molar-refractivity contribution in [1.29, 1.82) is 0 Å². The smallest absolute Gasteiger partial charge is 0.254 e. The average Bonchev–Trinajstić information content (AvgIpc) is 2.56. The fraction of sp³-hybridized carbons (Fsp3) is 0.312. The summed E-state index contributed by atoms with van der Waals surface area (Å²) in [6, 6.07) is 8.56. The number of benzene rings is 1. The summed E-state index contributed by atoms with van der Waals surface area (Å²) in [5, 5.41) is 27.7. The Kier molecular flexibility index (Phi) is 4.01. The lowest BCUT2D eigenvalue weighted by molar-refractivity contribution is -0.129. The predicted molar refractivity (Wildman–Crippen MR) is 85.3 cm³/mol. The Morgan fingerprint density at radius 3 is 2.43 bits per heavy atom. The molecule has 1 saturated heterocycles. The van der Waals surface area contributed by atoms with Gasteiger partial charge in [0.1, 0.15) is 11.4 Å². The van der Waals surface area contributed by atoms with Gasteiger partial charge < -0.3 is 20.0 Å². The molecule has 0 aliphatic carbocycles. The van der Waals surface area contributed by atoms with Crippen LogP contribution in [0.5, 0.6) is 11.6 Å². The maximum Gasteiger partial charge on any atom is 0.254 e. The number of piperazine rings is 1. The molecule has 1 aromatic carbocycles. The van der Waals surface area contributed by atoms with Crippen molar-refractivity contribution in [2.75, 3.05) is 31.1 Å². The summed E-state index contributed by atoms with van der Waals surface area (Å²) in [5.41, 5.74) is 1.61. The Morgan fingerprint density at radius 1 is 1.09 bits per heavy atom. The van der Waals surface area contributed by atoms with Crippen LogP contribution in [-0.2, 0) is 4.79 Å². The van der Waals surface area contributed by atoms with Crippen LogP contribution in [0.2, 0.25) is 0 Å². The van der Waals surface area contributed by atoms with Crippen molar-refractivity contribution in [3.05, 3.63) is 30.3 Å². The van der Waals surface area contributed by atoms with Gasteiger partial charge >= 0.3 is 0 Å². The van der Waals surface area contributed by atoms with Gasteiger partial charge in [0.05, 0.1) is 5.69 Å². The van der Waals surface area contributed by atoms with E-state index in [1.807, 2.05) is 4.90 Å². The van der Waals surface area contributed by atoms with E-state index in [0.717, 1.165) is 0 Å². The monoisotopic (exact) mass is 314 g/mol. The van der Waals surface area contributed by atoms with E-state index in [-0.39, 0.29) is 17.5 Å². The number of phenolic OH excluding ortho intramolecular Hbond substituents is 1. The van der Waals surface area contributed by atoms with Crippen LogP contribution in [-0.4, -0.2) is 57.4 Å². The molecule has 1 aliphatic rings. The van der Waals surface area contributed by atoms with E-state index in [9.17, 15) is 15.0 Å². The first-order valence-electron chi connectivity index (χ1n) is 7.42. The third kappa shape index (κ3) is 3.03. The SMILES string of the molecule is CC(=O)N1CCN(c2cc(-c3ccccc3O)nnc2O)CC1. The highest BCUT2D eigenvalue weighted by molar-refractivity contribution is 5.74. The van der Waals surface area contributed by atoms with Gasteiger partial charge in [-0.3, -0.25) is 4.79 Å². The minimum absolute atomic E-state index is 0.0524. The lowest BCUT2D eigenvalue weighted by Gasteiger charge is -2.35. The first-order valence-corrected chi connectivity index (χ1v) is 7.42. The number of phenols is 1. The van der Waals surface area contributed by atoms with E-state index >= 15 is 0 Å². The molecule has 0 radical (unpaired) electrons. The Bertz CT molecular complexity index is 727. The highest BCUT2D eigenvalue weighted by Crippen LogP contribution is 2.32. The molecule has 7 heteroatoms. The Morgan fingerprint density at radius 2 is 1.78 bits per heavy atom. The van der Waals surface area contributed by atoms with Crippen LogP contribution in [0.4, 0.5) is 5.69 Å². The molecular formula is C16H18N4O3. The van der Waals surface area contributed by atoms with Crippen molar-refractivity contribution in [1.82, 2.24) is 15.1 Å². The van der Waals surface area contributed by atoms with Crippen LogP contribution in [0.15, 0.2) is 30.3 Å². The second-order valence-corrected chi connectivity index (χ2v) is 5.45. The lowest BCUT2D eigenvalue weighted by atomic mass is 10.1. The quantitative estimate of drug-likeness (QED) is 0.866. The standard InChI is InChI=1S/C16H18N4O3/c1-11(21)19-6-8-20(9-7-19)14-10-13(17-18-16(14)23)12-4-2-3-5-15(12)22/h2-5,10,22H,6-9H2,1H3,(H,18,23). The summed E-state index contributed by atoms with van der Waals surface area (Å²) < 4.78 is 0. The molecule has 7 nitrogen and oxygen atoms in total. The van der Waals surface area contributed by atoms with Crippen molar-refractivity contribution in [3.63, 3.8) is 0 Å². The van der Waals surface area contributed by atoms with Crippen molar-refractivity contribution in [2.24, 2.45) is 0 Å². The van der Waals surface area contributed by atoms with Gasteiger partial charge in [-0.25, -0.2) is 0 Å². The number of carbonyl (C=O) groups is 1. The average molecular weight is 314 g/mol. The summed E-state index contributed by atoms with van der Waals surface area (Å²) in [6.07, 6.45) is 0. The molecular weight excluding hydrogens is 296 g/mol. The van der Waals surface area contributed by atoms with Gasteiger partial charge in [0.15, 0.2) is 0 Å². The Hall–Kier alpha value is -2.83. The third-order valence-corrected chi connectivity index (χ3v) is 4.00. The number of anilines is 1. The van der Waals surface area contributed by atoms with E-state index in [2.05, 4.69) is 10.2 Å². The molecule has 0 saturated carbocycles. The highest BCUT2D eigenvalue weighted by Gasteiger charge is 2.22. The van der Waals surface area contributed by atoms with Gasteiger partial charge in [0.25, 0.3) is 5.88 Å². The first-order chi connectivity index (χ1) is 11.1. The second-order valence-electron chi connectivity index (χ2n) is 5.45. The summed E-state index contributed by atoms with van der Waals surface area (Å²) in [5.74, 6) is 0.0110. The Labute approximate surface area is 133 Å². The van der Waals surface area contributed by atoms with Gasteiger partial charge in [-0.2, -0.15) is 0 Å². The minimum Gasteiger partial charge on any atom is -0.507 e. The third-order valence-electron chi connectivity index (χ3n) is 4.00. The lowest BCUT2D eigenvalue weighted by Crippen LogP contribution is -2.48. The normalized spacial score (nSPS) is 14.8. The molecule has 0 spiro atoms. The van der Waals surface area contributed by atoms with Crippen molar-refractivity contribution in [3.8, 4) is 22.9 Å². The molecule has 1 aliphatic heterocycles. The van der Waals surface area contributed by atoms with Crippen LogP contribution in [0, 0.1) is 0 Å². The molecule has 3 rings (SSSR count). The van der Waals surface area contributed by atoms with E-state index in [1.165, 1.54) is 0 Å². The van der Waals surface area contributed by atoms with Gasteiger partial charge in [-0.15, -0.1) is 10.2 Å². The van der Waals surface area contributed by atoms with Crippen molar-refractivity contribution >= 4 is 11.6 Å². The number of amides is 1. The van der Waals surface area contributed by atoms with Crippen LogP contribution < -0.4 is 4.90 Å². The molecule has 1 fully saturated rings. The zero-order valence-electron chi connectivity index (χ0n) is 12.8. The van der Waals surface area contributed by atoms with Gasteiger partial charge in [-0.1, -0.05) is 12.1 Å². The fourth-order valence-electron chi connectivity index (χ4n) is 2.69. The highest BCUT2D eigenvalue weighted by atomic mass is 16.3. The number of carbonyl (C=O) groups excluding carboxylic acids is 1. The molecule has 0 atom stereocenters. The van der Waals surface area contributed by atoms with Crippen LogP contribution in [0.1, 0.15) is 6.92 Å². The second kappa shape index (κ2) is 6.12.